The summed E-state index contributed by atoms with van der Waals surface area (Å²) in [7, 11) is 0. The summed E-state index contributed by atoms with van der Waals surface area (Å²) in [6.07, 6.45) is 18.2. The summed E-state index contributed by atoms with van der Waals surface area (Å²) in [5.41, 5.74) is 20.1. The third kappa shape index (κ3) is 6.60. The molecule has 3 aliphatic rings. The van der Waals surface area contributed by atoms with Crippen LogP contribution < -0.4 is 4.90 Å². The van der Waals surface area contributed by atoms with E-state index in [1.807, 2.05) is 11.3 Å². The Kier molecular flexibility index (Phi) is 10.1. The molecule has 3 aliphatic carbocycles. The molecule has 0 fully saturated rings. The maximum absolute atomic E-state index is 2.44. The lowest BCUT2D eigenvalue weighted by molar-refractivity contribution is 0.768. The molecule has 8 aromatic rings. The molecule has 0 N–H and O–H groups in total. The Hall–Kier alpha value is -7.00. The van der Waals surface area contributed by atoms with Gasteiger partial charge in [-0.2, -0.15) is 0 Å². The largest absolute Gasteiger partial charge is 0.310 e. The molecule has 0 unspecified atom stereocenters. The first-order chi connectivity index (χ1) is 31.1. The molecule has 1 heterocycles. The van der Waals surface area contributed by atoms with E-state index in [1.54, 1.807) is 0 Å². The molecule has 11 rings (SSSR count). The Morgan fingerprint density at radius 3 is 1.95 bits per heavy atom. The molecule has 7 aromatic carbocycles. The van der Waals surface area contributed by atoms with Crippen molar-refractivity contribution in [1.29, 1.82) is 0 Å². The SMILES string of the molecule is C/C=C(/c1ccc(N(c2ccc(C3(c4ccccc4)c4ccccc4-c4ccccc43)cc2)c2cccc(C3=C(C4=CC=CCC4)CCC=C3)c2)cc1)c1sc2ccccc2c1C. The van der Waals surface area contributed by atoms with E-state index in [-0.39, 0.29) is 0 Å². The average Bonchev–Trinajstić information content (AvgIpc) is 3.85. The van der Waals surface area contributed by atoms with Crippen LogP contribution in [0.25, 0.3) is 32.4 Å². The van der Waals surface area contributed by atoms with Crippen molar-refractivity contribution in [2.75, 3.05) is 4.90 Å². The van der Waals surface area contributed by atoms with Gasteiger partial charge in [-0.25, -0.2) is 0 Å². The van der Waals surface area contributed by atoms with Crippen LogP contribution in [0.4, 0.5) is 17.1 Å². The highest BCUT2D eigenvalue weighted by Gasteiger charge is 2.45. The number of allylic oxidation sites excluding steroid dienone is 9. The van der Waals surface area contributed by atoms with E-state index in [0.717, 1.165) is 42.7 Å². The van der Waals surface area contributed by atoms with Gasteiger partial charge in [-0.05, 0) is 160 Å². The van der Waals surface area contributed by atoms with Crippen molar-refractivity contribution in [3.8, 4) is 11.1 Å². The second kappa shape index (κ2) is 16.4. The van der Waals surface area contributed by atoms with Gasteiger partial charge in [-0.3, -0.25) is 0 Å². The molecule has 63 heavy (non-hydrogen) atoms. The maximum Gasteiger partial charge on any atom is 0.0713 e. The first kappa shape index (κ1) is 38.9. The third-order valence-electron chi connectivity index (χ3n) is 13.5. The molecule has 0 saturated heterocycles. The average molecular weight is 828 g/mol. The standard InChI is InChI=1S/C61H49NS/c1-3-51(60-42(2)52-25-14-17-32-59(52)63-60)44-33-37-48(38-34-44)62(50-24-18-21-45(41-50)54-27-11-10-26-53(54)43-19-6-4-7-20-43)49-39-35-47(36-40-49)61(46-22-8-5-9-23-46)57-30-15-12-28-55(57)56-29-13-16-31-58(56)61/h3-6,8-9,11-19,21-25,27-41H,7,10,20,26H2,1-2H3/b51-3-. The van der Waals surface area contributed by atoms with E-state index in [9.17, 15) is 0 Å². The second-order valence-corrected chi connectivity index (χ2v) is 18.0. The van der Waals surface area contributed by atoms with Gasteiger partial charge in [-0.15, -0.1) is 11.3 Å². The van der Waals surface area contributed by atoms with Crippen molar-refractivity contribution >= 4 is 49.6 Å². The van der Waals surface area contributed by atoms with Gasteiger partial charge < -0.3 is 4.90 Å². The number of benzene rings is 7. The smallest absolute Gasteiger partial charge is 0.0713 e. The molecule has 0 amide bonds. The number of aryl methyl sites for hydroxylation is 1. The van der Waals surface area contributed by atoms with Crippen LogP contribution in [0, 0.1) is 6.92 Å². The molecule has 0 aliphatic heterocycles. The number of thiophene rings is 1. The van der Waals surface area contributed by atoms with Crippen LogP contribution in [0.15, 0.2) is 224 Å². The number of fused-ring (bicyclic) bond motifs is 4. The van der Waals surface area contributed by atoms with Crippen molar-refractivity contribution in [1.82, 2.24) is 0 Å². The highest BCUT2D eigenvalue weighted by molar-refractivity contribution is 7.20. The van der Waals surface area contributed by atoms with Crippen molar-refractivity contribution < 1.29 is 0 Å². The molecule has 1 nitrogen and oxygen atoms in total. The summed E-state index contributed by atoms with van der Waals surface area (Å²) in [6.45, 7) is 4.43. The van der Waals surface area contributed by atoms with Crippen LogP contribution in [0.2, 0.25) is 0 Å². The van der Waals surface area contributed by atoms with Crippen LogP contribution in [0.1, 0.15) is 76.4 Å². The summed E-state index contributed by atoms with van der Waals surface area (Å²) < 4.78 is 1.33. The molecule has 0 atom stereocenters. The molecule has 0 radical (unpaired) electrons. The minimum absolute atomic E-state index is 0.452. The molecule has 0 bridgehead atoms. The van der Waals surface area contributed by atoms with E-state index < -0.39 is 5.41 Å². The number of anilines is 3. The van der Waals surface area contributed by atoms with Crippen LogP contribution in [-0.4, -0.2) is 0 Å². The lowest BCUT2D eigenvalue weighted by Gasteiger charge is -2.34. The Morgan fingerprint density at radius 2 is 1.25 bits per heavy atom. The van der Waals surface area contributed by atoms with Crippen molar-refractivity contribution in [2.45, 2.75) is 44.9 Å². The summed E-state index contributed by atoms with van der Waals surface area (Å²) in [4.78, 5) is 3.78. The van der Waals surface area contributed by atoms with Gasteiger partial charge in [-0.1, -0.05) is 170 Å². The van der Waals surface area contributed by atoms with Crippen LogP contribution in [0.3, 0.4) is 0 Å². The zero-order valence-corrected chi connectivity index (χ0v) is 36.7. The number of hydrogen-bond donors (Lipinski definition) is 0. The Bertz CT molecular complexity index is 3120. The van der Waals surface area contributed by atoms with Gasteiger partial charge in [0.25, 0.3) is 0 Å². The third-order valence-corrected chi connectivity index (χ3v) is 14.8. The summed E-state index contributed by atoms with van der Waals surface area (Å²) in [6, 6.07) is 65.7. The molecule has 2 heteroatoms. The topological polar surface area (TPSA) is 3.24 Å². The van der Waals surface area contributed by atoms with Crippen LogP contribution in [0.5, 0.6) is 0 Å². The van der Waals surface area contributed by atoms with Gasteiger partial charge in [0.15, 0.2) is 0 Å². The fourth-order valence-electron chi connectivity index (χ4n) is 10.6. The second-order valence-electron chi connectivity index (χ2n) is 16.9. The van der Waals surface area contributed by atoms with Gasteiger partial charge in [0, 0.05) is 26.6 Å². The zero-order valence-electron chi connectivity index (χ0n) is 35.9. The monoisotopic (exact) mass is 827 g/mol. The van der Waals surface area contributed by atoms with E-state index in [0.29, 0.717) is 0 Å². The molecular weight excluding hydrogens is 779 g/mol. The van der Waals surface area contributed by atoms with E-state index >= 15 is 0 Å². The summed E-state index contributed by atoms with van der Waals surface area (Å²) in [5, 5.41) is 1.34. The van der Waals surface area contributed by atoms with E-state index in [1.165, 1.54) is 87.3 Å². The highest BCUT2D eigenvalue weighted by Crippen LogP contribution is 2.56. The lowest BCUT2D eigenvalue weighted by atomic mass is 9.68. The Morgan fingerprint density at radius 1 is 0.603 bits per heavy atom. The van der Waals surface area contributed by atoms with Crippen LogP contribution >= 0.6 is 11.3 Å². The fraction of sp³-hybridized carbons (Fsp3) is 0.115. The van der Waals surface area contributed by atoms with Gasteiger partial charge in [0.2, 0.25) is 0 Å². The van der Waals surface area contributed by atoms with Crippen LogP contribution in [-0.2, 0) is 5.41 Å². The number of nitrogens with zero attached hydrogens (tertiary/aromatic N) is 1. The molecular formula is C61H49NS. The highest BCUT2D eigenvalue weighted by atomic mass is 32.1. The predicted molar refractivity (Wildman–Crippen MR) is 269 cm³/mol. The number of hydrogen-bond acceptors (Lipinski definition) is 2. The molecule has 304 valence electrons. The Balaban J connectivity index is 1.05. The first-order valence-corrected chi connectivity index (χ1v) is 23.2. The van der Waals surface area contributed by atoms with Gasteiger partial charge in [0.1, 0.15) is 0 Å². The van der Waals surface area contributed by atoms with E-state index in [2.05, 4.69) is 231 Å². The summed E-state index contributed by atoms with van der Waals surface area (Å²) >= 11 is 1.89. The normalized spacial score (nSPS) is 15.3. The fourth-order valence-corrected chi connectivity index (χ4v) is 11.9. The molecule has 1 aromatic heterocycles. The van der Waals surface area contributed by atoms with E-state index in [4.69, 9.17) is 0 Å². The summed E-state index contributed by atoms with van der Waals surface area (Å²) in [5.74, 6) is 0. The van der Waals surface area contributed by atoms with Crippen molar-refractivity contribution in [3.63, 3.8) is 0 Å². The maximum atomic E-state index is 2.44. The minimum atomic E-state index is -0.452. The molecule has 0 saturated carbocycles. The quantitative estimate of drug-likeness (QED) is 0.140. The Labute approximate surface area is 376 Å². The lowest BCUT2D eigenvalue weighted by Crippen LogP contribution is -2.28. The molecule has 0 spiro atoms. The predicted octanol–water partition coefficient (Wildman–Crippen LogP) is 16.9. The first-order valence-electron chi connectivity index (χ1n) is 22.4. The minimum Gasteiger partial charge on any atom is -0.310 e. The van der Waals surface area contributed by atoms with Crippen molar-refractivity contribution in [3.05, 3.63) is 267 Å². The number of rotatable bonds is 9. The van der Waals surface area contributed by atoms with Gasteiger partial charge >= 0.3 is 0 Å². The zero-order chi connectivity index (χ0) is 42.3. The van der Waals surface area contributed by atoms with Crippen molar-refractivity contribution in [2.24, 2.45) is 0 Å². The van der Waals surface area contributed by atoms with Gasteiger partial charge in [0.05, 0.1) is 5.41 Å².